The fourth-order valence-corrected chi connectivity index (χ4v) is 1.80. The Labute approximate surface area is 110 Å². The van der Waals surface area contributed by atoms with Gasteiger partial charge in [-0.25, -0.2) is 4.98 Å². The summed E-state index contributed by atoms with van der Waals surface area (Å²) >= 11 is 0. The van der Waals surface area contributed by atoms with Crippen LogP contribution in [0.4, 0.5) is 0 Å². The highest BCUT2D eigenvalue weighted by atomic mass is 16.3. The van der Waals surface area contributed by atoms with Gasteiger partial charge in [0.1, 0.15) is 5.75 Å². The molecule has 100 valence electrons. The number of phenolic OH excluding ortho intramolecular Hbond substituents is 1. The molecule has 0 unspecified atom stereocenters. The Morgan fingerprint density at radius 2 is 1.95 bits per heavy atom. The van der Waals surface area contributed by atoms with E-state index < -0.39 is 5.41 Å². The van der Waals surface area contributed by atoms with Gasteiger partial charge in [0, 0.05) is 18.5 Å². The minimum Gasteiger partial charge on any atom is -0.508 e. The molecule has 0 aliphatic heterocycles. The zero-order chi connectivity index (χ0) is 14.4. The van der Waals surface area contributed by atoms with E-state index in [2.05, 4.69) is 4.98 Å². The minimum atomic E-state index is -0.623. The Morgan fingerprint density at radius 3 is 2.53 bits per heavy atom. The van der Waals surface area contributed by atoms with Gasteiger partial charge in [0.25, 0.3) is 5.56 Å². The van der Waals surface area contributed by atoms with Gasteiger partial charge in [-0.15, -0.1) is 0 Å². The summed E-state index contributed by atoms with van der Waals surface area (Å²) in [6, 6.07) is 4.32. The zero-order valence-electron chi connectivity index (χ0n) is 11.4. The van der Waals surface area contributed by atoms with Gasteiger partial charge < -0.3 is 5.11 Å². The monoisotopic (exact) mass is 260 g/mol. The molecule has 0 fully saturated rings. The molecule has 1 heterocycles. The van der Waals surface area contributed by atoms with Gasteiger partial charge >= 0.3 is 0 Å². The number of Topliss-reactive ketones (excluding diaryl/α,β-unsaturated/α-hetero) is 1. The predicted molar refractivity (Wildman–Crippen MR) is 72.4 cm³/mol. The van der Waals surface area contributed by atoms with Crippen molar-refractivity contribution in [3.63, 3.8) is 0 Å². The lowest BCUT2D eigenvalue weighted by Crippen LogP contribution is -2.31. The second kappa shape index (κ2) is 4.19. The van der Waals surface area contributed by atoms with Crippen LogP contribution in [-0.4, -0.2) is 20.4 Å². The summed E-state index contributed by atoms with van der Waals surface area (Å²) in [6.07, 6.45) is 0. The van der Waals surface area contributed by atoms with Gasteiger partial charge in [-0.05, 0) is 12.1 Å². The van der Waals surface area contributed by atoms with Crippen LogP contribution >= 0.6 is 0 Å². The Balaban J connectivity index is 2.80. The molecule has 0 saturated carbocycles. The molecule has 2 rings (SSSR count). The number of hydrogen-bond donors (Lipinski definition) is 1. The molecule has 0 saturated heterocycles. The van der Waals surface area contributed by atoms with E-state index in [-0.39, 0.29) is 22.9 Å². The molecule has 5 heteroatoms. The number of phenols is 1. The minimum absolute atomic E-state index is 0.0161. The average molecular weight is 260 g/mol. The number of nitrogens with zero attached hydrogens (tertiary/aromatic N) is 2. The summed E-state index contributed by atoms with van der Waals surface area (Å²) < 4.78 is 1.26. The Kier molecular flexibility index (Phi) is 2.92. The molecule has 0 bridgehead atoms. The molecular formula is C14H16N2O3. The van der Waals surface area contributed by atoms with Crippen LogP contribution in [0.1, 0.15) is 31.4 Å². The van der Waals surface area contributed by atoms with E-state index in [4.69, 9.17) is 0 Å². The van der Waals surface area contributed by atoms with Crippen LogP contribution in [-0.2, 0) is 7.05 Å². The molecule has 0 radical (unpaired) electrons. The number of aromatic hydroxyl groups is 1. The number of aromatic nitrogens is 2. The van der Waals surface area contributed by atoms with Crippen molar-refractivity contribution in [3.8, 4) is 5.75 Å². The summed E-state index contributed by atoms with van der Waals surface area (Å²) in [7, 11) is 1.53. The number of carbonyl (C=O) groups excluding carboxylic acids is 1. The van der Waals surface area contributed by atoms with Crippen LogP contribution in [0.2, 0.25) is 0 Å². The molecular weight excluding hydrogens is 244 g/mol. The second-order valence-corrected chi connectivity index (χ2v) is 5.58. The van der Waals surface area contributed by atoms with E-state index in [0.29, 0.717) is 10.9 Å². The van der Waals surface area contributed by atoms with Crippen LogP contribution in [0.5, 0.6) is 5.75 Å². The van der Waals surface area contributed by atoms with Crippen molar-refractivity contribution in [1.82, 2.24) is 9.55 Å². The smallest absolute Gasteiger partial charge is 0.261 e. The molecule has 0 aliphatic rings. The third-order valence-electron chi connectivity index (χ3n) is 2.94. The molecule has 1 aromatic heterocycles. The highest BCUT2D eigenvalue weighted by Gasteiger charge is 2.27. The van der Waals surface area contributed by atoms with Crippen LogP contribution in [0.3, 0.4) is 0 Å². The summed E-state index contributed by atoms with van der Waals surface area (Å²) in [4.78, 5) is 28.7. The molecule has 0 spiro atoms. The van der Waals surface area contributed by atoms with Crippen molar-refractivity contribution < 1.29 is 9.90 Å². The SMILES string of the molecule is Cn1c(C(=O)C(C)(C)C)nc2cc(O)ccc2c1=O. The molecule has 2 aromatic rings. The Hall–Kier alpha value is -2.17. The fraction of sp³-hybridized carbons (Fsp3) is 0.357. The van der Waals surface area contributed by atoms with Crippen molar-refractivity contribution in [2.24, 2.45) is 12.5 Å². The summed E-state index contributed by atoms with van der Waals surface area (Å²) in [6.45, 7) is 5.32. The van der Waals surface area contributed by atoms with Gasteiger partial charge in [-0.3, -0.25) is 14.2 Å². The van der Waals surface area contributed by atoms with Crippen LogP contribution < -0.4 is 5.56 Å². The van der Waals surface area contributed by atoms with Gasteiger partial charge in [-0.1, -0.05) is 20.8 Å². The third kappa shape index (κ3) is 2.23. The molecule has 0 atom stereocenters. The standard InChI is InChI=1S/C14H16N2O3/c1-14(2,3)11(18)12-15-10-7-8(17)5-6-9(10)13(19)16(12)4/h5-7,17H,1-4H3. The van der Waals surface area contributed by atoms with Crippen molar-refractivity contribution in [1.29, 1.82) is 0 Å². The normalized spacial score (nSPS) is 11.8. The summed E-state index contributed by atoms with van der Waals surface area (Å²) in [5.41, 5.74) is -0.588. The number of hydrogen-bond acceptors (Lipinski definition) is 4. The number of ketones is 1. The Bertz CT molecular complexity index is 724. The number of rotatable bonds is 1. The Morgan fingerprint density at radius 1 is 1.32 bits per heavy atom. The lowest BCUT2D eigenvalue weighted by atomic mass is 9.90. The molecule has 1 aromatic carbocycles. The van der Waals surface area contributed by atoms with Crippen molar-refractivity contribution in [2.75, 3.05) is 0 Å². The van der Waals surface area contributed by atoms with E-state index in [9.17, 15) is 14.7 Å². The summed E-state index contributed by atoms with van der Waals surface area (Å²) in [5, 5.41) is 9.83. The lowest BCUT2D eigenvalue weighted by Gasteiger charge is -2.18. The maximum absolute atomic E-state index is 12.3. The zero-order valence-corrected chi connectivity index (χ0v) is 11.4. The number of carbonyl (C=O) groups is 1. The predicted octanol–water partition coefficient (Wildman–Crippen LogP) is 1.87. The highest BCUT2D eigenvalue weighted by Crippen LogP contribution is 2.21. The van der Waals surface area contributed by atoms with Gasteiger partial charge in [0.15, 0.2) is 5.82 Å². The van der Waals surface area contributed by atoms with E-state index in [1.807, 2.05) is 0 Å². The van der Waals surface area contributed by atoms with Gasteiger partial charge in [-0.2, -0.15) is 0 Å². The first-order chi connectivity index (χ1) is 8.71. The average Bonchev–Trinajstić information content (AvgIpc) is 2.31. The molecule has 19 heavy (non-hydrogen) atoms. The lowest BCUT2D eigenvalue weighted by molar-refractivity contribution is 0.0842. The van der Waals surface area contributed by atoms with Crippen molar-refractivity contribution in [2.45, 2.75) is 20.8 Å². The van der Waals surface area contributed by atoms with E-state index in [1.54, 1.807) is 20.8 Å². The third-order valence-corrected chi connectivity index (χ3v) is 2.94. The second-order valence-electron chi connectivity index (χ2n) is 5.58. The van der Waals surface area contributed by atoms with Crippen molar-refractivity contribution in [3.05, 3.63) is 34.4 Å². The quantitative estimate of drug-likeness (QED) is 0.794. The fourth-order valence-electron chi connectivity index (χ4n) is 1.80. The van der Waals surface area contributed by atoms with E-state index >= 15 is 0 Å². The van der Waals surface area contributed by atoms with Gasteiger partial charge in [0.2, 0.25) is 5.78 Å². The molecule has 1 N–H and O–H groups in total. The van der Waals surface area contributed by atoms with Crippen LogP contribution in [0.25, 0.3) is 10.9 Å². The summed E-state index contributed by atoms with van der Waals surface area (Å²) in [5.74, 6) is -0.0876. The first kappa shape index (κ1) is 13.3. The van der Waals surface area contributed by atoms with E-state index in [1.165, 1.54) is 29.8 Å². The number of benzene rings is 1. The van der Waals surface area contributed by atoms with Crippen LogP contribution in [0, 0.1) is 5.41 Å². The number of fused-ring (bicyclic) bond motifs is 1. The first-order valence-corrected chi connectivity index (χ1v) is 5.96. The first-order valence-electron chi connectivity index (χ1n) is 5.96. The van der Waals surface area contributed by atoms with Gasteiger partial charge in [0.05, 0.1) is 10.9 Å². The van der Waals surface area contributed by atoms with Crippen molar-refractivity contribution >= 4 is 16.7 Å². The largest absolute Gasteiger partial charge is 0.508 e. The maximum atomic E-state index is 12.3. The molecule has 5 nitrogen and oxygen atoms in total. The van der Waals surface area contributed by atoms with Crippen LogP contribution in [0.15, 0.2) is 23.0 Å². The highest BCUT2D eigenvalue weighted by molar-refractivity contribution is 5.98. The molecule has 0 amide bonds. The van der Waals surface area contributed by atoms with E-state index in [0.717, 1.165) is 0 Å². The maximum Gasteiger partial charge on any atom is 0.261 e. The topological polar surface area (TPSA) is 72.2 Å². The molecule has 0 aliphatic carbocycles.